The average Bonchev–Trinajstić information content (AvgIpc) is 2.91. The van der Waals surface area contributed by atoms with Gasteiger partial charge in [-0.1, -0.05) is 11.8 Å². The molecule has 2 heterocycles. The molecule has 0 atom stereocenters. The third-order valence-electron chi connectivity index (χ3n) is 2.86. The van der Waals surface area contributed by atoms with Gasteiger partial charge >= 0.3 is 0 Å². The quantitative estimate of drug-likeness (QED) is 0.882. The van der Waals surface area contributed by atoms with Gasteiger partial charge in [-0.2, -0.15) is 0 Å². The van der Waals surface area contributed by atoms with Gasteiger partial charge in [0.15, 0.2) is 0 Å². The maximum Gasteiger partial charge on any atom is 0.255 e. The lowest BCUT2D eigenvalue weighted by Crippen LogP contribution is -2.26. The largest absolute Gasteiger partial charge is 0.337 e. The number of pyridine rings is 1. The van der Waals surface area contributed by atoms with E-state index in [1.807, 2.05) is 24.4 Å². The Morgan fingerprint density at radius 1 is 1.43 bits per heavy atom. The van der Waals surface area contributed by atoms with E-state index in [-0.39, 0.29) is 5.91 Å². The zero-order valence-corrected chi connectivity index (χ0v) is 12.9. The van der Waals surface area contributed by atoms with Crippen molar-refractivity contribution in [3.63, 3.8) is 0 Å². The first-order chi connectivity index (χ1) is 10.1. The Balaban J connectivity index is 2.05. The lowest BCUT2D eigenvalue weighted by atomic mass is 10.2. The molecule has 0 aliphatic rings. The highest BCUT2D eigenvalue weighted by Crippen LogP contribution is 2.16. The summed E-state index contributed by atoms with van der Waals surface area (Å²) in [6.07, 6.45) is 3.33. The molecule has 21 heavy (non-hydrogen) atoms. The van der Waals surface area contributed by atoms with Gasteiger partial charge in [-0.15, -0.1) is 11.3 Å². The van der Waals surface area contributed by atoms with Gasteiger partial charge in [0.05, 0.1) is 17.0 Å². The number of rotatable bonds is 3. The molecule has 0 bridgehead atoms. The molecule has 0 fully saturated rings. The van der Waals surface area contributed by atoms with Crippen molar-refractivity contribution in [1.82, 2.24) is 9.88 Å². The summed E-state index contributed by atoms with van der Waals surface area (Å²) in [4.78, 5) is 19.0. The Morgan fingerprint density at radius 2 is 2.24 bits per heavy atom. The van der Waals surface area contributed by atoms with Gasteiger partial charge in [-0.3, -0.25) is 9.78 Å². The number of aryl methyl sites for hydroxylation is 1. The van der Waals surface area contributed by atoms with Crippen molar-refractivity contribution < 1.29 is 4.79 Å². The van der Waals surface area contributed by atoms with E-state index >= 15 is 0 Å². The van der Waals surface area contributed by atoms with Crippen LogP contribution in [0.15, 0.2) is 29.9 Å². The van der Waals surface area contributed by atoms with Crippen molar-refractivity contribution in [2.24, 2.45) is 5.73 Å². The van der Waals surface area contributed by atoms with E-state index in [1.54, 1.807) is 35.7 Å². The first kappa shape index (κ1) is 15.2. The molecular formula is C16H17N3OS. The highest BCUT2D eigenvalue weighted by atomic mass is 32.1. The molecule has 2 N–H and O–H groups in total. The van der Waals surface area contributed by atoms with E-state index in [2.05, 4.69) is 16.8 Å². The van der Waals surface area contributed by atoms with Crippen LogP contribution in [0, 0.1) is 18.8 Å². The zero-order chi connectivity index (χ0) is 15.2. The minimum atomic E-state index is -0.0352. The van der Waals surface area contributed by atoms with Crippen LogP contribution in [0.2, 0.25) is 0 Å². The Hall–Kier alpha value is -2.16. The van der Waals surface area contributed by atoms with E-state index in [4.69, 9.17) is 5.73 Å². The molecular weight excluding hydrogens is 282 g/mol. The Bertz CT molecular complexity index is 697. The standard InChI is InChI=1S/C16H17N3OS/c1-12-6-14(9-18-8-12)16(20)19(2)10-13-7-15(21-11-13)4-3-5-17/h6-9,11H,5,10,17H2,1-2H3. The van der Waals surface area contributed by atoms with E-state index < -0.39 is 0 Å². The molecule has 0 aromatic carbocycles. The number of nitrogens with two attached hydrogens (primary N) is 1. The summed E-state index contributed by atoms with van der Waals surface area (Å²) in [5.74, 6) is 5.79. The summed E-state index contributed by atoms with van der Waals surface area (Å²) >= 11 is 1.56. The second-order valence-corrected chi connectivity index (χ2v) is 5.65. The van der Waals surface area contributed by atoms with Gasteiger partial charge in [0, 0.05) is 26.0 Å². The molecule has 108 valence electrons. The average molecular weight is 299 g/mol. The Kier molecular flexibility index (Phi) is 5.09. The molecule has 1 amide bonds. The topological polar surface area (TPSA) is 59.2 Å². The van der Waals surface area contributed by atoms with Crippen LogP contribution in [0.5, 0.6) is 0 Å². The SMILES string of the molecule is Cc1cncc(C(=O)N(C)Cc2csc(C#CCN)c2)c1. The molecule has 4 nitrogen and oxygen atoms in total. The van der Waals surface area contributed by atoms with Gasteiger partial charge < -0.3 is 10.6 Å². The van der Waals surface area contributed by atoms with Crippen LogP contribution in [0.3, 0.4) is 0 Å². The van der Waals surface area contributed by atoms with Crippen LogP contribution in [0.4, 0.5) is 0 Å². The second-order valence-electron chi connectivity index (χ2n) is 4.74. The second kappa shape index (κ2) is 7.02. The number of carbonyl (C=O) groups is 1. The first-order valence-electron chi connectivity index (χ1n) is 6.53. The van der Waals surface area contributed by atoms with Crippen molar-refractivity contribution in [2.75, 3.05) is 13.6 Å². The van der Waals surface area contributed by atoms with E-state index in [1.165, 1.54) is 0 Å². The Labute approximate surface area is 128 Å². The molecule has 0 radical (unpaired) electrons. The third kappa shape index (κ3) is 4.15. The summed E-state index contributed by atoms with van der Waals surface area (Å²) in [5, 5.41) is 2.01. The summed E-state index contributed by atoms with van der Waals surface area (Å²) in [7, 11) is 1.79. The summed E-state index contributed by atoms with van der Waals surface area (Å²) in [6.45, 7) is 2.82. The Morgan fingerprint density at radius 3 is 2.95 bits per heavy atom. The van der Waals surface area contributed by atoms with Crippen molar-refractivity contribution in [1.29, 1.82) is 0 Å². The number of amides is 1. The number of nitrogens with zero attached hydrogens (tertiary/aromatic N) is 2. The normalized spacial score (nSPS) is 9.86. The predicted octanol–water partition coefficient (Wildman–Crippen LogP) is 2.03. The fraction of sp³-hybridized carbons (Fsp3) is 0.250. The number of hydrogen-bond acceptors (Lipinski definition) is 4. The number of aromatic nitrogens is 1. The molecule has 0 aliphatic carbocycles. The first-order valence-corrected chi connectivity index (χ1v) is 7.41. The molecule has 0 saturated heterocycles. The molecule has 0 spiro atoms. The van der Waals surface area contributed by atoms with Crippen molar-refractivity contribution in [2.45, 2.75) is 13.5 Å². The van der Waals surface area contributed by atoms with Crippen LogP contribution in [0.25, 0.3) is 0 Å². The van der Waals surface area contributed by atoms with Gasteiger partial charge in [0.2, 0.25) is 0 Å². The van der Waals surface area contributed by atoms with Crippen LogP contribution in [-0.2, 0) is 6.54 Å². The highest BCUT2D eigenvalue weighted by Gasteiger charge is 2.13. The monoisotopic (exact) mass is 299 g/mol. The molecule has 5 heteroatoms. The fourth-order valence-electron chi connectivity index (χ4n) is 1.90. The summed E-state index contributed by atoms with van der Waals surface area (Å²) in [5.41, 5.74) is 8.00. The van der Waals surface area contributed by atoms with Crippen LogP contribution >= 0.6 is 11.3 Å². The maximum absolute atomic E-state index is 12.3. The fourth-order valence-corrected chi connectivity index (χ4v) is 2.67. The smallest absolute Gasteiger partial charge is 0.255 e. The summed E-state index contributed by atoms with van der Waals surface area (Å²) < 4.78 is 0. The molecule has 2 aromatic rings. The van der Waals surface area contributed by atoms with E-state index in [9.17, 15) is 4.79 Å². The summed E-state index contributed by atoms with van der Waals surface area (Å²) in [6, 6.07) is 3.84. The van der Waals surface area contributed by atoms with E-state index in [0.29, 0.717) is 18.7 Å². The molecule has 2 aromatic heterocycles. The molecule has 0 unspecified atom stereocenters. The number of carbonyl (C=O) groups excluding carboxylic acids is 1. The van der Waals surface area contributed by atoms with Crippen LogP contribution in [-0.4, -0.2) is 29.4 Å². The lowest BCUT2D eigenvalue weighted by Gasteiger charge is -2.16. The minimum absolute atomic E-state index is 0.0352. The van der Waals surface area contributed by atoms with Gasteiger partial charge in [0.25, 0.3) is 5.91 Å². The number of hydrogen-bond donors (Lipinski definition) is 1. The van der Waals surface area contributed by atoms with Crippen LogP contribution in [0.1, 0.15) is 26.4 Å². The minimum Gasteiger partial charge on any atom is -0.337 e. The van der Waals surface area contributed by atoms with Crippen LogP contribution < -0.4 is 5.73 Å². The molecule has 2 rings (SSSR count). The van der Waals surface area contributed by atoms with E-state index in [0.717, 1.165) is 16.0 Å². The van der Waals surface area contributed by atoms with Crippen molar-refractivity contribution in [3.05, 3.63) is 51.5 Å². The van der Waals surface area contributed by atoms with Gasteiger partial charge in [-0.25, -0.2) is 0 Å². The lowest BCUT2D eigenvalue weighted by molar-refractivity contribution is 0.0784. The molecule has 0 aliphatic heterocycles. The number of thiophene rings is 1. The zero-order valence-electron chi connectivity index (χ0n) is 12.1. The van der Waals surface area contributed by atoms with Crippen molar-refractivity contribution >= 4 is 17.2 Å². The molecule has 0 saturated carbocycles. The highest BCUT2D eigenvalue weighted by molar-refractivity contribution is 7.10. The predicted molar refractivity (Wildman–Crippen MR) is 85.0 cm³/mol. The van der Waals surface area contributed by atoms with Gasteiger partial charge in [0.1, 0.15) is 0 Å². The van der Waals surface area contributed by atoms with Gasteiger partial charge in [-0.05, 0) is 35.6 Å². The maximum atomic E-state index is 12.3. The third-order valence-corrected chi connectivity index (χ3v) is 3.75. The van der Waals surface area contributed by atoms with Crippen molar-refractivity contribution in [3.8, 4) is 11.8 Å².